The molecule has 1 aromatic heterocycles. The molecule has 7 nitrogen and oxygen atoms in total. The molecule has 1 saturated heterocycles. The quantitative estimate of drug-likeness (QED) is 0.638. The third-order valence-electron chi connectivity index (χ3n) is 5.75. The van der Waals surface area contributed by atoms with Crippen LogP contribution in [0.5, 0.6) is 0 Å². The number of hydrogen-bond donors (Lipinski definition) is 1. The fourth-order valence-corrected chi connectivity index (χ4v) is 4.03. The highest BCUT2D eigenvalue weighted by atomic mass is 35.5. The third-order valence-corrected chi connectivity index (χ3v) is 6.13. The molecule has 2 aromatic rings. The van der Waals surface area contributed by atoms with E-state index in [1.165, 1.54) is 18.3 Å². The zero-order valence-electron chi connectivity index (χ0n) is 20.5. The number of benzene rings is 1. The van der Waals surface area contributed by atoms with Crippen molar-refractivity contribution in [2.45, 2.75) is 59.7 Å². The van der Waals surface area contributed by atoms with Crippen molar-refractivity contribution in [2.75, 3.05) is 25.0 Å². The van der Waals surface area contributed by atoms with Crippen molar-refractivity contribution < 1.29 is 18.7 Å². The van der Waals surface area contributed by atoms with Crippen LogP contribution in [0.2, 0.25) is 5.02 Å². The molecule has 0 aliphatic carbocycles. The number of ether oxygens (including phenoxy) is 1. The molecule has 3 rings (SSSR count). The fraction of sp³-hybridized carbons (Fsp3) is 0.480. The number of carbonyl (C=O) groups is 2. The molecular weight excluding hydrogens is 459 g/mol. The average molecular weight is 491 g/mol. The van der Waals surface area contributed by atoms with Gasteiger partial charge in [0.15, 0.2) is 0 Å². The van der Waals surface area contributed by atoms with Gasteiger partial charge in [0.2, 0.25) is 0 Å². The van der Waals surface area contributed by atoms with Crippen LogP contribution in [0, 0.1) is 19.7 Å². The van der Waals surface area contributed by atoms with Crippen LogP contribution in [0.25, 0.3) is 0 Å². The van der Waals surface area contributed by atoms with Crippen molar-refractivity contribution in [1.82, 2.24) is 14.8 Å². The smallest absolute Gasteiger partial charge is 0.410 e. The number of nitrogens with zero attached hydrogens (tertiary/aromatic N) is 3. The van der Waals surface area contributed by atoms with Crippen LogP contribution in [0.4, 0.5) is 14.9 Å². The topological polar surface area (TPSA) is 74.8 Å². The Bertz CT molecular complexity index is 1090. The van der Waals surface area contributed by atoms with Gasteiger partial charge in [-0.3, -0.25) is 14.7 Å². The molecule has 1 fully saturated rings. The summed E-state index contributed by atoms with van der Waals surface area (Å²) in [6.45, 7) is 13.4. The molecular formula is C25H32ClFN4O3. The van der Waals surface area contributed by atoms with Gasteiger partial charge in [-0.25, -0.2) is 9.18 Å². The fourth-order valence-electron chi connectivity index (χ4n) is 3.86. The first kappa shape index (κ1) is 25.9. The summed E-state index contributed by atoms with van der Waals surface area (Å²) in [6.07, 6.45) is 1.12. The predicted octanol–water partition coefficient (Wildman–Crippen LogP) is 5.18. The zero-order valence-corrected chi connectivity index (χ0v) is 21.3. The normalized spacial score (nSPS) is 16.9. The summed E-state index contributed by atoms with van der Waals surface area (Å²) in [6, 6.07) is 4.29. The standard InChI is InChI=1S/C25H32ClFN4O3/c1-15-13-30(7-8-31(15)24(33)34-25(4,5)6)14-19-9-20(27)11-22(16(19)2)29-23(32)18-10-21(26)17(3)28-12-18/h9-12,15H,7-8,13-14H2,1-6H3,(H,29,32). The minimum atomic E-state index is -0.548. The number of amides is 2. The molecule has 1 atom stereocenters. The maximum absolute atomic E-state index is 14.5. The van der Waals surface area contributed by atoms with Crippen LogP contribution in [0.15, 0.2) is 24.4 Å². The lowest BCUT2D eigenvalue weighted by Crippen LogP contribution is -2.54. The van der Waals surface area contributed by atoms with E-state index in [4.69, 9.17) is 16.3 Å². The molecule has 0 bridgehead atoms. The van der Waals surface area contributed by atoms with Crippen molar-refractivity contribution in [1.29, 1.82) is 0 Å². The number of aryl methyl sites for hydroxylation is 1. The molecule has 2 amide bonds. The average Bonchev–Trinajstić information content (AvgIpc) is 2.72. The number of piperazine rings is 1. The summed E-state index contributed by atoms with van der Waals surface area (Å²) < 4.78 is 20.0. The van der Waals surface area contributed by atoms with Gasteiger partial charge in [0.1, 0.15) is 11.4 Å². The summed E-state index contributed by atoms with van der Waals surface area (Å²) in [5.74, 6) is -0.843. The maximum atomic E-state index is 14.5. The second-order valence-electron chi connectivity index (χ2n) is 9.74. The SMILES string of the molecule is Cc1ncc(C(=O)Nc2cc(F)cc(CN3CCN(C(=O)OC(C)(C)C)C(C)C3)c2C)cc1Cl. The van der Waals surface area contributed by atoms with E-state index >= 15 is 0 Å². The number of rotatable bonds is 4. The van der Waals surface area contributed by atoms with Crippen molar-refractivity contribution in [3.05, 3.63) is 57.6 Å². The van der Waals surface area contributed by atoms with E-state index in [1.54, 1.807) is 17.9 Å². The summed E-state index contributed by atoms with van der Waals surface area (Å²) >= 11 is 6.08. The minimum Gasteiger partial charge on any atom is -0.444 e. The van der Waals surface area contributed by atoms with Gasteiger partial charge in [-0.2, -0.15) is 0 Å². The Labute approximate surface area is 205 Å². The van der Waals surface area contributed by atoms with E-state index in [0.29, 0.717) is 48.1 Å². The third kappa shape index (κ3) is 6.45. The molecule has 184 valence electrons. The molecule has 2 heterocycles. The van der Waals surface area contributed by atoms with Crippen molar-refractivity contribution in [3.63, 3.8) is 0 Å². The Kier molecular flexibility index (Phi) is 7.83. The summed E-state index contributed by atoms with van der Waals surface area (Å²) in [5.41, 5.74) is 2.33. The molecule has 1 aromatic carbocycles. The number of carbonyl (C=O) groups excluding carboxylic acids is 2. The monoisotopic (exact) mass is 490 g/mol. The zero-order chi connectivity index (χ0) is 25.2. The van der Waals surface area contributed by atoms with Gasteiger partial charge in [0, 0.05) is 44.1 Å². The Balaban J connectivity index is 1.70. The summed E-state index contributed by atoms with van der Waals surface area (Å²) in [5, 5.41) is 3.17. The molecule has 1 N–H and O–H groups in total. The Morgan fingerprint density at radius 2 is 1.94 bits per heavy atom. The van der Waals surface area contributed by atoms with E-state index in [9.17, 15) is 14.0 Å². The number of aromatic nitrogens is 1. The van der Waals surface area contributed by atoms with E-state index in [-0.39, 0.29) is 12.1 Å². The van der Waals surface area contributed by atoms with Crippen LogP contribution in [-0.4, -0.2) is 58.1 Å². The van der Waals surface area contributed by atoms with Gasteiger partial charge in [-0.15, -0.1) is 0 Å². The largest absolute Gasteiger partial charge is 0.444 e. The van der Waals surface area contributed by atoms with Gasteiger partial charge in [-0.1, -0.05) is 11.6 Å². The predicted molar refractivity (Wildman–Crippen MR) is 131 cm³/mol. The van der Waals surface area contributed by atoms with Crippen LogP contribution in [0.3, 0.4) is 0 Å². The maximum Gasteiger partial charge on any atom is 0.410 e. The van der Waals surface area contributed by atoms with Crippen LogP contribution >= 0.6 is 11.6 Å². The second-order valence-corrected chi connectivity index (χ2v) is 10.1. The highest BCUT2D eigenvalue weighted by Gasteiger charge is 2.31. The lowest BCUT2D eigenvalue weighted by atomic mass is 10.0. The van der Waals surface area contributed by atoms with Gasteiger partial charge in [0.05, 0.1) is 16.3 Å². The number of anilines is 1. The van der Waals surface area contributed by atoms with Gasteiger partial charge in [-0.05, 0) is 70.9 Å². The van der Waals surface area contributed by atoms with E-state index in [1.807, 2.05) is 34.6 Å². The first-order chi connectivity index (χ1) is 15.8. The number of pyridine rings is 1. The molecule has 1 unspecified atom stereocenters. The Morgan fingerprint density at radius 3 is 2.56 bits per heavy atom. The summed E-state index contributed by atoms with van der Waals surface area (Å²) in [7, 11) is 0. The molecule has 1 aliphatic heterocycles. The summed E-state index contributed by atoms with van der Waals surface area (Å²) in [4.78, 5) is 33.2. The van der Waals surface area contributed by atoms with E-state index in [2.05, 4.69) is 15.2 Å². The van der Waals surface area contributed by atoms with Crippen LogP contribution in [-0.2, 0) is 11.3 Å². The van der Waals surface area contributed by atoms with Crippen molar-refractivity contribution >= 4 is 29.3 Å². The van der Waals surface area contributed by atoms with Gasteiger partial charge < -0.3 is 15.0 Å². The minimum absolute atomic E-state index is 0.0459. The molecule has 34 heavy (non-hydrogen) atoms. The van der Waals surface area contributed by atoms with Crippen molar-refractivity contribution in [3.8, 4) is 0 Å². The number of hydrogen-bond acceptors (Lipinski definition) is 5. The van der Waals surface area contributed by atoms with Crippen molar-refractivity contribution in [2.24, 2.45) is 0 Å². The molecule has 1 aliphatic rings. The first-order valence-corrected chi connectivity index (χ1v) is 11.7. The lowest BCUT2D eigenvalue weighted by molar-refractivity contribution is 0.000530. The Hall–Kier alpha value is -2.71. The second kappa shape index (κ2) is 10.3. The van der Waals surface area contributed by atoms with E-state index in [0.717, 1.165) is 11.1 Å². The molecule has 0 radical (unpaired) electrons. The van der Waals surface area contributed by atoms with Gasteiger partial charge in [0.25, 0.3) is 5.91 Å². The highest BCUT2D eigenvalue weighted by molar-refractivity contribution is 6.31. The molecule has 9 heteroatoms. The van der Waals surface area contributed by atoms with Crippen LogP contribution in [0.1, 0.15) is 54.9 Å². The van der Waals surface area contributed by atoms with Gasteiger partial charge >= 0.3 is 6.09 Å². The van der Waals surface area contributed by atoms with E-state index < -0.39 is 17.3 Å². The van der Waals surface area contributed by atoms with Crippen LogP contribution < -0.4 is 5.32 Å². The highest BCUT2D eigenvalue weighted by Crippen LogP contribution is 2.25. The first-order valence-electron chi connectivity index (χ1n) is 11.3. The Morgan fingerprint density at radius 1 is 1.24 bits per heavy atom. The number of nitrogens with one attached hydrogen (secondary N) is 1. The molecule has 0 saturated carbocycles. The molecule has 0 spiro atoms. The number of halogens is 2. The lowest BCUT2D eigenvalue weighted by Gasteiger charge is -2.40.